The number of fused-ring (bicyclic) bond motifs is 2. The van der Waals surface area contributed by atoms with Crippen LogP contribution >= 0.6 is 23.2 Å². The molecule has 6 nitrogen and oxygen atoms in total. The highest BCUT2D eigenvalue weighted by Crippen LogP contribution is 2.57. The van der Waals surface area contributed by atoms with Gasteiger partial charge in [-0.15, -0.1) is 0 Å². The first-order chi connectivity index (χ1) is 19.4. The Bertz CT molecular complexity index is 1330. The number of hydrogen-bond donors (Lipinski definition) is 3. The number of benzene rings is 2. The summed E-state index contributed by atoms with van der Waals surface area (Å²) in [5.41, 5.74) is -0.920. The minimum Gasteiger partial charge on any atom is -0.355 e. The van der Waals surface area contributed by atoms with Gasteiger partial charge >= 0.3 is 0 Å². The Morgan fingerprint density at radius 1 is 1.12 bits per heavy atom. The molecule has 3 aliphatic heterocycles. The van der Waals surface area contributed by atoms with Gasteiger partial charge in [-0.05, 0) is 86.5 Å². The molecule has 3 heterocycles. The van der Waals surface area contributed by atoms with Gasteiger partial charge in [0.2, 0.25) is 11.8 Å². The number of nitrogens with zero attached hydrogens (tertiary/aromatic N) is 1. The van der Waals surface area contributed by atoms with E-state index in [1.807, 2.05) is 20.8 Å². The Balaban J connectivity index is 1.54. The number of nitrogens with one attached hydrogen (secondary N) is 3. The summed E-state index contributed by atoms with van der Waals surface area (Å²) in [4.78, 5) is 30.4. The summed E-state index contributed by atoms with van der Waals surface area (Å²) in [7, 11) is 0. The Labute approximate surface area is 250 Å². The fraction of sp³-hybridized carbons (Fsp3) is 0.548. The topological polar surface area (TPSA) is 73.5 Å². The van der Waals surface area contributed by atoms with Gasteiger partial charge in [0.15, 0.2) is 0 Å². The van der Waals surface area contributed by atoms with Gasteiger partial charge in [0.25, 0.3) is 0 Å². The number of amides is 2. The van der Waals surface area contributed by atoms with E-state index >= 15 is 8.78 Å². The monoisotopic (exact) mass is 606 g/mol. The van der Waals surface area contributed by atoms with Crippen LogP contribution in [-0.2, 0) is 15.0 Å². The number of carbonyl (C=O) groups excluding carboxylic acids is 2. The zero-order valence-electron chi connectivity index (χ0n) is 23.8. The quantitative estimate of drug-likeness (QED) is 0.322. The summed E-state index contributed by atoms with van der Waals surface area (Å²) in [6.45, 7) is 9.79. The molecule has 1 spiro atoms. The van der Waals surface area contributed by atoms with Crippen molar-refractivity contribution in [2.24, 2.45) is 5.41 Å². The highest BCUT2D eigenvalue weighted by molar-refractivity contribution is 6.31. The predicted molar refractivity (Wildman–Crippen MR) is 159 cm³/mol. The van der Waals surface area contributed by atoms with Crippen molar-refractivity contribution in [3.63, 3.8) is 0 Å². The van der Waals surface area contributed by atoms with Crippen LogP contribution in [0.1, 0.15) is 69.9 Å². The Morgan fingerprint density at radius 3 is 2.56 bits per heavy atom. The molecule has 4 atom stereocenters. The van der Waals surface area contributed by atoms with Crippen molar-refractivity contribution in [2.45, 2.75) is 76.3 Å². The molecule has 3 aliphatic rings. The average Bonchev–Trinajstić information content (AvgIpc) is 3.59. The van der Waals surface area contributed by atoms with Crippen molar-refractivity contribution in [3.8, 4) is 0 Å². The summed E-state index contributed by atoms with van der Waals surface area (Å²) >= 11 is 12.3. The van der Waals surface area contributed by atoms with Gasteiger partial charge < -0.3 is 20.9 Å². The standard InChI is InChI=1S/C31H38Cl2F2N4O2/c1-30(2,3)17-24-31(19-15-22(34)21(33)16-23(19)37-29(31)41)25(18-9-8-10-20(32)26(18)35)27(38-24)28(40)36-11-4-5-12-39-13-6-7-14-39/h8-10,15-16,24-25,27,38H,4-7,11-14,17H2,1-3H3,(H,36,40)(H,37,41)/t24-,25+,27-,31+/m1/s1. The molecular formula is C31H38Cl2F2N4O2. The minimum absolute atomic E-state index is 0.112. The molecule has 2 aromatic rings. The van der Waals surface area contributed by atoms with Crippen LogP contribution in [0.2, 0.25) is 10.0 Å². The number of halogens is 4. The fourth-order valence-electron chi connectivity index (χ4n) is 6.95. The van der Waals surface area contributed by atoms with Crippen molar-refractivity contribution in [1.29, 1.82) is 0 Å². The Kier molecular flexibility index (Phi) is 8.68. The normalized spacial score (nSPS) is 26.0. The van der Waals surface area contributed by atoms with Crippen molar-refractivity contribution >= 4 is 40.7 Å². The lowest BCUT2D eigenvalue weighted by molar-refractivity contribution is -0.123. The molecule has 222 valence electrons. The van der Waals surface area contributed by atoms with E-state index in [4.69, 9.17) is 23.2 Å². The smallest absolute Gasteiger partial charge is 0.237 e. The molecule has 41 heavy (non-hydrogen) atoms. The van der Waals surface area contributed by atoms with Crippen LogP contribution in [0.15, 0.2) is 30.3 Å². The van der Waals surface area contributed by atoms with Crippen molar-refractivity contribution in [3.05, 3.63) is 63.1 Å². The number of unbranched alkanes of at least 4 members (excludes halogenated alkanes) is 1. The molecule has 0 aromatic heterocycles. The summed E-state index contributed by atoms with van der Waals surface area (Å²) < 4.78 is 30.8. The number of anilines is 1. The van der Waals surface area contributed by atoms with Crippen LogP contribution in [0, 0.1) is 17.0 Å². The summed E-state index contributed by atoms with van der Waals surface area (Å²) in [6, 6.07) is 5.65. The molecule has 2 amide bonds. The second-order valence-electron chi connectivity index (χ2n) is 12.8. The van der Waals surface area contributed by atoms with E-state index < -0.39 is 41.0 Å². The molecule has 0 bridgehead atoms. The minimum atomic E-state index is -1.49. The van der Waals surface area contributed by atoms with Gasteiger partial charge in [0.05, 0.1) is 16.1 Å². The molecule has 2 fully saturated rings. The van der Waals surface area contributed by atoms with Gasteiger partial charge in [0, 0.05) is 24.2 Å². The van der Waals surface area contributed by atoms with Crippen molar-refractivity contribution in [1.82, 2.24) is 15.5 Å². The Morgan fingerprint density at radius 2 is 1.85 bits per heavy atom. The third-order valence-electron chi connectivity index (χ3n) is 8.70. The highest BCUT2D eigenvalue weighted by atomic mass is 35.5. The summed E-state index contributed by atoms with van der Waals surface area (Å²) in [5.74, 6) is -3.15. The van der Waals surface area contributed by atoms with Crippen molar-refractivity contribution in [2.75, 3.05) is 31.5 Å². The molecule has 0 radical (unpaired) electrons. The molecule has 3 N–H and O–H groups in total. The maximum atomic E-state index is 15.8. The number of carbonyl (C=O) groups is 2. The number of hydrogen-bond acceptors (Lipinski definition) is 4. The van der Waals surface area contributed by atoms with E-state index in [-0.39, 0.29) is 26.9 Å². The van der Waals surface area contributed by atoms with E-state index in [1.54, 1.807) is 12.1 Å². The van der Waals surface area contributed by atoms with E-state index in [9.17, 15) is 9.59 Å². The first-order valence-electron chi connectivity index (χ1n) is 14.4. The molecule has 2 saturated heterocycles. The second kappa shape index (κ2) is 11.8. The summed E-state index contributed by atoms with van der Waals surface area (Å²) in [5, 5.41) is 9.08. The lowest BCUT2D eigenvalue weighted by Gasteiger charge is -2.37. The number of rotatable bonds is 8. The van der Waals surface area contributed by atoms with Gasteiger partial charge in [-0.25, -0.2) is 8.78 Å². The molecule has 5 rings (SSSR count). The van der Waals surface area contributed by atoms with Crippen LogP contribution in [0.4, 0.5) is 14.5 Å². The maximum absolute atomic E-state index is 15.8. The van der Waals surface area contributed by atoms with E-state index in [1.165, 1.54) is 31.0 Å². The molecule has 0 saturated carbocycles. The zero-order valence-corrected chi connectivity index (χ0v) is 25.3. The third-order valence-corrected chi connectivity index (χ3v) is 9.28. The summed E-state index contributed by atoms with van der Waals surface area (Å²) in [6.07, 6.45) is 4.68. The second-order valence-corrected chi connectivity index (χ2v) is 13.6. The first kappa shape index (κ1) is 30.2. The van der Waals surface area contributed by atoms with Crippen LogP contribution in [0.5, 0.6) is 0 Å². The fourth-order valence-corrected chi connectivity index (χ4v) is 7.30. The maximum Gasteiger partial charge on any atom is 0.237 e. The molecule has 0 unspecified atom stereocenters. The lowest BCUT2D eigenvalue weighted by Crippen LogP contribution is -2.49. The van der Waals surface area contributed by atoms with Crippen LogP contribution in [0.3, 0.4) is 0 Å². The van der Waals surface area contributed by atoms with E-state index in [0.29, 0.717) is 24.2 Å². The van der Waals surface area contributed by atoms with Gasteiger partial charge in [-0.1, -0.05) is 56.1 Å². The molecule has 2 aromatic carbocycles. The molecule has 0 aliphatic carbocycles. The van der Waals surface area contributed by atoms with Crippen LogP contribution in [0.25, 0.3) is 0 Å². The van der Waals surface area contributed by atoms with Gasteiger partial charge in [-0.2, -0.15) is 0 Å². The number of likely N-dealkylation sites (tertiary alicyclic amines) is 1. The van der Waals surface area contributed by atoms with Crippen molar-refractivity contribution < 1.29 is 18.4 Å². The molecular weight excluding hydrogens is 569 g/mol. The molecule has 10 heteroatoms. The SMILES string of the molecule is CC(C)(C)C[C@H]1N[C@@H](C(=O)NCCCCN2CCCC2)[C@H](c2cccc(Cl)c2F)[C@@]12C(=O)Nc1cc(Cl)c(F)cc12. The van der Waals surface area contributed by atoms with Crippen LogP contribution in [-0.4, -0.2) is 55.0 Å². The van der Waals surface area contributed by atoms with E-state index in [0.717, 1.165) is 32.5 Å². The average molecular weight is 608 g/mol. The highest BCUT2D eigenvalue weighted by Gasteiger charge is 2.66. The largest absolute Gasteiger partial charge is 0.355 e. The Hall–Kier alpha value is -2.26. The third kappa shape index (κ3) is 5.73. The van der Waals surface area contributed by atoms with Gasteiger partial charge in [-0.3, -0.25) is 9.59 Å². The zero-order chi connectivity index (χ0) is 29.5. The lowest BCUT2D eigenvalue weighted by atomic mass is 9.62. The van der Waals surface area contributed by atoms with Gasteiger partial charge in [0.1, 0.15) is 17.0 Å². The first-order valence-corrected chi connectivity index (χ1v) is 15.2. The predicted octanol–water partition coefficient (Wildman–Crippen LogP) is 6.01. The van der Waals surface area contributed by atoms with E-state index in [2.05, 4.69) is 20.9 Å². The van der Waals surface area contributed by atoms with Crippen LogP contribution < -0.4 is 16.0 Å².